The van der Waals surface area contributed by atoms with Gasteiger partial charge in [-0.15, -0.1) is 10.2 Å². The number of aromatic amines is 1. The van der Waals surface area contributed by atoms with Gasteiger partial charge in [-0.25, -0.2) is 0 Å². The van der Waals surface area contributed by atoms with Crippen LogP contribution in [0.1, 0.15) is 0 Å². The first-order valence-electron chi connectivity index (χ1n) is 9.70. The molecule has 0 aliphatic carbocycles. The molecule has 0 spiro atoms. The fourth-order valence-corrected chi connectivity index (χ4v) is 4.05. The molecule has 31 heavy (non-hydrogen) atoms. The first-order chi connectivity index (χ1) is 15.3. The topological polar surface area (TPSA) is 88.5 Å². The normalized spacial score (nSPS) is 11.0. The van der Waals surface area contributed by atoms with Crippen molar-refractivity contribution in [1.82, 2.24) is 25.0 Å². The molecule has 0 aliphatic rings. The maximum Gasteiger partial charge on any atom is 0.234 e. The van der Waals surface area contributed by atoms with Crippen LogP contribution < -0.4 is 5.32 Å². The zero-order chi connectivity index (χ0) is 21.0. The lowest BCUT2D eigenvalue weighted by molar-refractivity contribution is -0.113. The molecule has 5 aromatic rings. The van der Waals surface area contributed by atoms with Gasteiger partial charge >= 0.3 is 0 Å². The van der Waals surface area contributed by atoms with Crippen LogP contribution in [0.3, 0.4) is 0 Å². The number of H-pyrrole nitrogens is 1. The molecule has 5 rings (SSSR count). The minimum Gasteiger partial charge on any atom is -0.325 e. The first-order valence-corrected chi connectivity index (χ1v) is 10.7. The number of anilines is 1. The zero-order valence-electron chi connectivity index (χ0n) is 16.4. The fraction of sp³-hybridized carbons (Fsp3) is 0.0435. The number of hydrogen-bond donors (Lipinski definition) is 2. The number of hydrogen-bond acceptors (Lipinski definition) is 5. The molecule has 0 unspecified atom stereocenters. The molecule has 0 fully saturated rings. The second-order valence-corrected chi connectivity index (χ2v) is 7.79. The molecule has 2 aromatic heterocycles. The van der Waals surface area contributed by atoms with Gasteiger partial charge in [0.15, 0.2) is 11.0 Å². The SMILES string of the molecule is O=C(CSc1nnc(-c2ccccc2)n1-c1ccccc1)Nc1ccc2[nH]ncc2c1. The summed E-state index contributed by atoms with van der Waals surface area (Å²) in [5.74, 6) is 0.834. The van der Waals surface area contributed by atoms with Crippen LogP contribution in [0.4, 0.5) is 5.69 Å². The molecule has 2 N–H and O–H groups in total. The minimum absolute atomic E-state index is 0.114. The Balaban J connectivity index is 1.37. The molecule has 0 bridgehead atoms. The number of para-hydroxylation sites is 1. The molecule has 0 saturated heterocycles. The number of nitrogens with one attached hydrogen (secondary N) is 2. The highest BCUT2D eigenvalue weighted by molar-refractivity contribution is 7.99. The largest absolute Gasteiger partial charge is 0.325 e. The summed E-state index contributed by atoms with van der Waals surface area (Å²) in [5, 5.41) is 20.2. The number of carbonyl (C=O) groups is 1. The lowest BCUT2D eigenvalue weighted by Crippen LogP contribution is -2.14. The molecule has 0 radical (unpaired) electrons. The Morgan fingerprint density at radius 2 is 1.74 bits per heavy atom. The molecule has 2 heterocycles. The van der Waals surface area contributed by atoms with Gasteiger partial charge in [0.25, 0.3) is 0 Å². The number of aromatic nitrogens is 5. The van der Waals surface area contributed by atoms with E-state index >= 15 is 0 Å². The Morgan fingerprint density at radius 3 is 2.55 bits per heavy atom. The van der Waals surface area contributed by atoms with Crippen molar-refractivity contribution >= 4 is 34.3 Å². The van der Waals surface area contributed by atoms with Gasteiger partial charge in [0.05, 0.1) is 17.5 Å². The van der Waals surface area contributed by atoms with Crippen LogP contribution in [0.2, 0.25) is 0 Å². The summed E-state index contributed by atoms with van der Waals surface area (Å²) in [5.41, 5.74) is 3.56. The molecule has 3 aromatic carbocycles. The third kappa shape index (κ3) is 4.06. The predicted octanol–water partition coefficient (Wildman–Crippen LogP) is 4.54. The van der Waals surface area contributed by atoms with E-state index in [9.17, 15) is 4.79 Å². The van der Waals surface area contributed by atoms with Crippen LogP contribution in [0.25, 0.3) is 28.0 Å². The van der Waals surface area contributed by atoms with E-state index in [1.807, 2.05) is 83.4 Å². The average molecular weight is 427 g/mol. The quantitative estimate of drug-likeness (QED) is 0.389. The van der Waals surface area contributed by atoms with Gasteiger partial charge in [0.1, 0.15) is 0 Å². The predicted molar refractivity (Wildman–Crippen MR) is 122 cm³/mol. The van der Waals surface area contributed by atoms with E-state index in [1.54, 1.807) is 6.20 Å². The molecule has 152 valence electrons. The molecule has 0 saturated carbocycles. The van der Waals surface area contributed by atoms with Gasteiger partial charge in [-0.3, -0.25) is 14.5 Å². The number of amides is 1. The van der Waals surface area contributed by atoms with Crippen molar-refractivity contribution in [2.24, 2.45) is 0 Å². The Morgan fingerprint density at radius 1 is 0.968 bits per heavy atom. The lowest BCUT2D eigenvalue weighted by atomic mass is 10.2. The van der Waals surface area contributed by atoms with E-state index in [0.717, 1.165) is 33.7 Å². The molecule has 1 amide bonds. The Hall–Kier alpha value is -3.91. The molecule has 0 aliphatic heterocycles. The van der Waals surface area contributed by atoms with Crippen LogP contribution in [0.15, 0.2) is 90.2 Å². The van der Waals surface area contributed by atoms with Crippen molar-refractivity contribution in [2.75, 3.05) is 11.1 Å². The summed E-state index contributed by atoms with van der Waals surface area (Å²) in [6, 6.07) is 25.4. The van der Waals surface area contributed by atoms with Gasteiger partial charge in [0.2, 0.25) is 5.91 Å². The van der Waals surface area contributed by atoms with Gasteiger partial charge in [-0.1, -0.05) is 60.3 Å². The number of nitrogens with zero attached hydrogens (tertiary/aromatic N) is 4. The first kappa shape index (κ1) is 19.1. The van der Waals surface area contributed by atoms with Crippen molar-refractivity contribution in [1.29, 1.82) is 0 Å². The molecule has 0 atom stereocenters. The number of thioether (sulfide) groups is 1. The highest BCUT2D eigenvalue weighted by atomic mass is 32.2. The van der Waals surface area contributed by atoms with Crippen molar-refractivity contribution < 1.29 is 4.79 Å². The summed E-state index contributed by atoms with van der Waals surface area (Å²) in [7, 11) is 0. The summed E-state index contributed by atoms with van der Waals surface area (Å²) < 4.78 is 1.98. The van der Waals surface area contributed by atoms with Crippen LogP contribution in [-0.2, 0) is 4.79 Å². The van der Waals surface area contributed by atoms with Gasteiger partial charge in [-0.2, -0.15) is 5.10 Å². The van der Waals surface area contributed by atoms with E-state index in [-0.39, 0.29) is 11.7 Å². The van der Waals surface area contributed by atoms with E-state index in [0.29, 0.717) is 5.16 Å². The average Bonchev–Trinajstić information content (AvgIpc) is 3.45. The van der Waals surface area contributed by atoms with Crippen molar-refractivity contribution in [2.45, 2.75) is 5.16 Å². The summed E-state index contributed by atoms with van der Waals surface area (Å²) in [6.45, 7) is 0. The van der Waals surface area contributed by atoms with Crippen LogP contribution >= 0.6 is 11.8 Å². The minimum atomic E-state index is -0.114. The third-order valence-electron chi connectivity index (χ3n) is 4.74. The van der Waals surface area contributed by atoms with E-state index < -0.39 is 0 Å². The second kappa shape index (κ2) is 8.45. The summed E-state index contributed by atoms with van der Waals surface area (Å²) in [4.78, 5) is 12.6. The van der Waals surface area contributed by atoms with Crippen LogP contribution in [0.5, 0.6) is 0 Å². The van der Waals surface area contributed by atoms with Crippen LogP contribution in [0, 0.1) is 0 Å². The number of fused-ring (bicyclic) bond motifs is 1. The summed E-state index contributed by atoms with van der Waals surface area (Å²) >= 11 is 1.35. The Kier molecular flexibility index (Phi) is 5.20. The van der Waals surface area contributed by atoms with E-state index in [4.69, 9.17) is 0 Å². The van der Waals surface area contributed by atoms with E-state index in [1.165, 1.54) is 11.8 Å². The zero-order valence-corrected chi connectivity index (χ0v) is 17.2. The number of benzene rings is 3. The van der Waals surface area contributed by atoms with Crippen LogP contribution in [-0.4, -0.2) is 36.6 Å². The molecule has 8 heteroatoms. The second-order valence-electron chi connectivity index (χ2n) is 6.85. The number of carbonyl (C=O) groups excluding carboxylic acids is 1. The van der Waals surface area contributed by atoms with Gasteiger partial charge in [0, 0.05) is 22.3 Å². The highest BCUT2D eigenvalue weighted by Crippen LogP contribution is 2.28. The molecular weight excluding hydrogens is 408 g/mol. The third-order valence-corrected chi connectivity index (χ3v) is 5.67. The van der Waals surface area contributed by atoms with Crippen molar-refractivity contribution in [3.8, 4) is 17.1 Å². The smallest absolute Gasteiger partial charge is 0.234 e. The lowest BCUT2D eigenvalue weighted by Gasteiger charge is -2.10. The van der Waals surface area contributed by atoms with Gasteiger partial charge < -0.3 is 5.32 Å². The standard InChI is InChI=1S/C23H18N6OS/c30-21(25-18-11-12-20-17(13-18)14-24-26-20)15-31-23-28-27-22(16-7-3-1-4-8-16)29(23)19-9-5-2-6-10-19/h1-14H,15H2,(H,24,26)(H,25,30). The highest BCUT2D eigenvalue weighted by Gasteiger charge is 2.17. The van der Waals surface area contributed by atoms with Crippen molar-refractivity contribution in [3.05, 3.63) is 85.1 Å². The number of rotatable bonds is 6. The fourth-order valence-electron chi connectivity index (χ4n) is 3.30. The van der Waals surface area contributed by atoms with Crippen molar-refractivity contribution in [3.63, 3.8) is 0 Å². The Bertz CT molecular complexity index is 1330. The molecular formula is C23H18N6OS. The monoisotopic (exact) mass is 426 g/mol. The van der Waals surface area contributed by atoms with E-state index in [2.05, 4.69) is 25.7 Å². The Labute approximate surface area is 182 Å². The van der Waals surface area contributed by atoms with Gasteiger partial charge in [-0.05, 0) is 30.3 Å². The maximum atomic E-state index is 12.6. The molecule has 7 nitrogen and oxygen atoms in total. The maximum absolute atomic E-state index is 12.6. The summed E-state index contributed by atoms with van der Waals surface area (Å²) in [6.07, 6.45) is 1.73.